The van der Waals surface area contributed by atoms with Gasteiger partial charge in [0.15, 0.2) is 5.96 Å². The number of benzene rings is 1. The zero-order valence-electron chi connectivity index (χ0n) is 17.7. The van der Waals surface area contributed by atoms with Gasteiger partial charge in [-0.05, 0) is 31.9 Å². The van der Waals surface area contributed by atoms with Crippen LogP contribution >= 0.6 is 0 Å². The number of rotatable bonds is 13. The number of nitrogens with two attached hydrogens (primary N) is 2. The Morgan fingerprint density at radius 3 is 2.41 bits per heavy atom. The first-order chi connectivity index (χ1) is 15.1. The van der Waals surface area contributed by atoms with Crippen molar-refractivity contribution >= 4 is 35.9 Å². The zero-order valence-corrected chi connectivity index (χ0v) is 17.7. The molecule has 1 aromatic rings. The van der Waals surface area contributed by atoms with Crippen LogP contribution in [0.15, 0.2) is 35.3 Å². The topological polar surface area (TPSA) is 206 Å². The normalized spacial score (nSPS) is 13.0. The summed E-state index contributed by atoms with van der Waals surface area (Å²) in [6.45, 7) is 1.20. The van der Waals surface area contributed by atoms with Gasteiger partial charge in [-0.25, -0.2) is 0 Å². The first-order valence-corrected chi connectivity index (χ1v) is 9.75. The SMILES string of the molecule is C[C@@](CCCN=C(N)N)(NC(=O)c1ccccc1)C(=O)NCC(=O)N[C@H](C=O)CC(=O)O. The van der Waals surface area contributed by atoms with Crippen LogP contribution in [-0.2, 0) is 19.2 Å². The second kappa shape index (κ2) is 12.7. The Balaban J connectivity index is 2.83. The van der Waals surface area contributed by atoms with Crippen molar-refractivity contribution in [1.82, 2.24) is 16.0 Å². The Kier molecular flexibility index (Phi) is 10.3. The number of carboxylic acids is 1. The average molecular weight is 448 g/mol. The first kappa shape index (κ1) is 26.1. The van der Waals surface area contributed by atoms with Crippen LogP contribution in [0.1, 0.15) is 36.5 Å². The van der Waals surface area contributed by atoms with Crippen molar-refractivity contribution < 1.29 is 29.1 Å². The van der Waals surface area contributed by atoms with E-state index in [1.807, 2.05) is 0 Å². The summed E-state index contributed by atoms with van der Waals surface area (Å²) >= 11 is 0. The maximum atomic E-state index is 12.8. The summed E-state index contributed by atoms with van der Waals surface area (Å²) in [6.07, 6.45) is 0.223. The highest BCUT2D eigenvalue weighted by atomic mass is 16.4. The van der Waals surface area contributed by atoms with E-state index in [4.69, 9.17) is 16.6 Å². The number of aliphatic imine (C=N–C) groups is 1. The van der Waals surface area contributed by atoms with Gasteiger partial charge in [-0.1, -0.05) is 18.2 Å². The predicted molar refractivity (Wildman–Crippen MR) is 115 cm³/mol. The lowest BCUT2D eigenvalue weighted by Gasteiger charge is -2.29. The van der Waals surface area contributed by atoms with Crippen molar-refractivity contribution in [2.45, 2.75) is 37.8 Å². The Bertz CT molecular complexity index is 855. The lowest BCUT2D eigenvalue weighted by molar-refractivity contribution is -0.139. The quantitative estimate of drug-likeness (QED) is 0.0904. The van der Waals surface area contributed by atoms with Gasteiger partial charge >= 0.3 is 5.97 Å². The highest BCUT2D eigenvalue weighted by Gasteiger charge is 2.35. The maximum absolute atomic E-state index is 12.8. The summed E-state index contributed by atoms with van der Waals surface area (Å²) in [4.78, 5) is 62.9. The number of nitrogens with one attached hydrogen (secondary N) is 3. The third-order valence-electron chi connectivity index (χ3n) is 4.37. The Hall–Kier alpha value is -3.96. The van der Waals surface area contributed by atoms with Crippen molar-refractivity contribution in [3.05, 3.63) is 35.9 Å². The molecule has 8 N–H and O–H groups in total. The molecule has 0 aliphatic heterocycles. The van der Waals surface area contributed by atoms with Gasteiger partial charge in [0.25, 0.3) is 5.91 Å². The van der Waals surface area contributed by atoms with Gasteiger partial charge in [0.1, 0.15) is 11.8 Å². The molecule has 0 saturated heterocycles. The molecule has 0 radical (unpaired) electrons. The minimum Gasteiger partial charge on any atom is -0.481 e. The van der Waals surface area contributed by atoms with Gasteiger partial charge in [0.05, 0.1) is 19.0 Å². The number of carbonyl (C=O) groups excluding carboxylic acids is 4. The van der Waals surface area contributed by atoms with E-state index in [9.17, 15) is 24.0 Å². The molecule has 12 heteroatoms. The van der Waals surface area contributed by atoms with Crippen LogP contribution in [0.2, 0.25) is 0 Å². The summed E-state index contributed by atoms with van der Waals surface area (Å²) in [7, 11) is 0. The third-order valence-corrected chi connectivity index (χ3v) is 4.37. The minimum absolute atomic E-state index is 0.104. The molecule has 3 amide bonds. The van der Waals surface area contributed by atoms with E-state index >= 15 is 0 Å². The monoisotopic (exact) mass is 448 g/mol. The highest BCUT2D eigenvalue weighted by molar-refractivity contribution is 5.99. The molecule has 0 heterocycles. The smallest absolute Gasteiger partial charge is 0.305 e. The summed E-state index contributed by atoms with van der Waals surface area (Å²) in [6, 6.07) is 7.05. The van der Waals surface area contributed by atoms with Crippen LogP contribution in [0.5, 0.6) is 0 Å². The Morgan fingerprint density at radius 2 is 1.84 bits per heavy atom. The molecule has 0 bridgehead atoms. The molecule has 2 atom stereocenters. The van der Waals surface area contributed by atoms with Crippen LogP contribution in [0, 0.1) is 0 Å². The number of hydrogen-bond donors (Lipinski definition) is 6. The lowest BCUT2D eigenvalue weighted by atomic mass is 9.93. The number of nitrogens with zero attached hydrogens (tertiary/aromatic N) is 1. The van der Waals surface area contributed by atoms with E-state index < -0.39 is 48.2 Å². The van der Waals surface area contributed by atoms with Crippen molar-refractivity contribution in [3.8, 4) is 0 Å². The molecule has 12 nitrogen and oxygen atoms in total. The Morgan fingerprint density at radius 1 is 1.19 bits per heavy atom. The van der Waals surface area contributed by atoms with Gasteiger partial charge in [0.2, 0.25) is 11.8 Å². The Labute approximate surface area is 184 Å². The first-order valence-electron chi connectivity index (χ1n) is 9.75. The van der Waals surface area contributed by atoms with E-state index in [1.54, 1.807) is 30.3 Å². The van der Waals surface area contributed by atoms with Crippen LogP contribution in [0.4, 0.5) is 0 Å². The molecule has 1 aromatic carbocycles. The van der Waals surface area contributed by atoms with Gasteiger partial charge in [-0.2, -0.15) is 0 Å². The van der Waals surface area contributed by atoms with E-state index in [1.165, 1.54) is 6.92 Å². The number of carboxylic acid groups (broad SMARTS) is 1. The summed E-state index contributed by atoms with van der Waals surface area (Å²) in [5.74, 6) is -3.26. The molecule has 0 spiro atoms. The summed E-state index contributed by atoms with van der Waals surface area (Å²) < 4.78 is 0. The standard InChI is InChI=1S/C20H28N6O6/c1-20(8-5-9-23-19(21)22,26-17(31)13-6-3-2-4-7-13)18(32)24-11-15(28)25-14(12-27)10-16(29)30/h2-4,6-7,12,14H,5,8-11H2,1H3,(H,24,32)(H,25,28)(H,26,31)(H,29,30)(H4,21,22,23)/t14-,20-/m0/s1. The minimum atomic E-state index is -1.41. The van der Waals surface area contributed by atoms with E-state index in [2.05, 4.69) is 20.9 Å². The number of carbonyl (C=O) groups is 5. The molecule has 174 valence electrons. The predicted octanol–water partition coefficient (Wildman–Crippen LogP) is -1.50. The number of hydrogen-bond acceptors (Lipinski definition) is 6. The molecule has 32 heavy (non-hydrogen) atoms. The van der Waals surface area contributed by atoms with Crippen molar-refractivity contribution in [1.29, 1.82) is 0 Å². The molecular weight excluding hydrogens is 420 g/mol. The lowest BCUT2D eigenvalue weighted by Crippen LogP contribution is -2.58. The van der Waals surface area contributed by atoms with Crippen LogP contribution in [0.25, 0.3) is 0 Å². The molecule has 1 rings (SSSR count). The number of amides is 3. The van der Waals surface area contributed by atoms with Crippen molar-refractivity contribution in [2.75, 3.05) is 13.1 Å². The van der Waals surface area contributed by atoms with Crippen LogP contribution in [-0.4, -0.2) is 65.7 Å². The molecule has 0 aromatic heterocycles. The largest absolute Gasteiger partial charge is 0.481 e. The molecule has 0 saturated carbocycles. The fourth-order valence-electron chi connectivity index (χ4n) is 2.72. The molecule has 0 aliphatic rings. The van der Waals surface area contributed by atoms with Gasteiger partial charge in [-0.3, -0.25) is 24.2 Å². The maximum Gasteiger partial charge on any atom is 0.305 e. The second-order valence-corrected chi connectivity index (χ2v) is 7.15. The van der Waals surface area contributed by atoms with Gasteiger partial charge in [0, 0.05) is 12.1 Å². The van der Waals surface area contributed by atoms with Crippen molar-refractivity contribution in [2.24, 2.45) is 16.5 Å². The van der Waals surface area contributed by atoms with E-state index in [0.29, 0.717) is 18.3 Å². The number of aliphatic carboxylic acids is 1. The van der Waals surface area contributed by atoms with E-state index in [0.717, 1.165) is 0 Å². The summed E-state index contributed by atoms with van der Waals surface area (Å²) in [5, 5.41) is 16.0. The molecule has 0 fully saturated rings. The fraction of sp³-hybridized carbons (Fsp3) is 0.400. The third kappa shape index (κ3) is 9.24. The van der Waals surface area contributed by atoms with Crippen LogP contribution < -0.4 is 27.4 Å². The second-order valence-electron chi connectivity index (χ2n) is 7.15. The summed E-state index contributed by atoms with van der Waals surface area (Å²) in [5.41, 5.74) is 9.53. The average Bonchev–Trinajstić information content (AvgIpc) is 2.74. The van der Waals surface area contributed by atoms with Gasteiger partial charge in [-0.15, -0.1) is 0 Å². The highest BCUT2D eigenvalue weighted by Crippen LogP contribution is 2.15. The molecule has 0 aliphatic carbocycles. The van der Waals surface area contributed by atoms with Crippen LogP contribution in [0.3, 0.4) is 0 Å². The zero-order chi connectivity index (χ0) is 24.1. The molecule has 0 unspecified atom stereocenters. The molecular formula is C20H28N6O6. The number of guanidine groups is 1. The van der Waals surface area contributed by atoms with E-state index in [-0.39, 0.29) is 18.9 Å². The van der Waals surface area contributed by atoms with Crippen molar-refractivity contribution in [3.63, 3.8) is 0 Å². The fourth-order valence-corrected chi connectivity index (χ4v) is 2.72. The number of aldehydes is 1. The van der Waals surface area contributed by atoms with Gasteiger partial charge < -0.3 is 37.3 Å².